The van der Waals surface area contributed by atoms with Gasteiger partial charge in [-0.2, -0.15) is 0 Å². The Balaban J connectivity index is 1.98. The third kappa shape index (κ3) is 4.55. The van der Waals surface area contributed by atoms with Crippen molar-refractivity contribution in [2.45, 2.75) is 45.8 Å². The van der Waals surface area contributed by atoms with Gasteiger partial charge in [0.05, 0.1) is 5.60 Å². The number of aliphatic hydroxyl groups is 1. The van der Waals surface area contributed by atoms with Gasteiger partial charge in [-0.1, -0.05) is 26.0 Å². The molecule has 23 heavy (non-hydrogen) atoms. The summed E-state index contributed by atoms with van der Waals surface area (Å²) in [7, 11) is 0. The Morgan fingerprint density at radius 3 is 2.78 bits per heavy atom. The highest BCUT2D eigenvalue weighted by molar-refractivity contribution is 5.94. The third-order valence-electron chi connectivity index (χ3n) is 4.58. The van der Waals surface area contributed by atoms with Crippen molar-refractivity contribution < 1.29 is 14.7 Å². The van der Waals surface area contributed by atoms with Crippen molar-refractivity contribution in [1.82, 2.24) is 10.2 Å². The van der Waals surface area contributed by atoms with Crippen molar-refractivity contribution in [2.75, 3.05) is 13.1 Å². The molecule has 1 saturated heterocycles. The lowest BCUT2D eigenvalue weighted by atomic mass is 9.92. The quantitative estimate of drug-likeness (QED) is 0.842. The van der Waals surface area contributed by atoms with Crippen molar-refractivity contribution in [3.05, 3.63) is 35.4 Å². The fraction of sp³-hybridized carbons (Fsp3) is 0.556. The maximum atomic E-state index is 12.3. The van der Waals surface area contributed by atoms with Crippen LogP contribution < -0.4 is 5.32 Å². The van der Waals surface area contributed by atoms with Gasteiger partial charge in [-0.25, -0.2) is 0 Å². The molecule has 1 atom stereocenters. The SMILES string of the molecule is CC(C)C(C)(O)CNC(=O)c1cccc(CN2CCCC2=O)c1. The van der Waals surface area contributed by atoms with Gasteiger partial charge in [0.25, 0.3) is 5.91 Å². The summed E-state index contributed by atoms with van der Waals surface area (Å²) in [5.41, 5.74) is 0.562. The number of hydrogen-bond donors (Lipinski definition) is 2. The van der Waals surface area contributed by atoms with Crippen LogP contribution in [0.25, 0.3) is 0 Å². The zero-order chi connectivity index (χ0) is 17.0. The number of amides is 2. The van der Waals surface area contributed by atoms with Crippen LogP contribution in [0, 0.1) is 5.92 Å². The van der Waals surface area contributed by atoms with E-state index in [0.717, 1.165) is 18.5 Å². The number of hydrogen-bond acceptors (Lipinski definition) is 3. The van der Waals surface area contributed by atoms with Crippen molar-refractivity contribution in [1.29, 1.82) is 0 Å². The maximum Gasteiger partial charge on any atom is 0.251 e. The van der Waals surface area contributed by atoms with Gasteiger partial charge in [0.1, 0.15) is 0 Å². The highest BCUT2D eigenvalue weighted by atomic mass is 16.3. The van der Waals surface area contributed by atoms with Crippen LogP contribution in [0.1, 0.15) is 49.5 Å². The Kier molecular flexibility index (Phi) is 5.42. The molecule has 0 radical (unpaired) electrons. The van der Waals surface area contributed by atoms with Gasteiger partial charge in [-0.3, -0.25) is 9.59 Å². The third-order valence-corrected chi connectivity index (χ3v) is 4.58. The molecular formula is C18H26N2O3. The summed E-state index contributed by atoms with van der Waals surface area (Å²) >= 11 is 0. The van der Waals surface area contributed by atoms with Gasteiger partial charge < -0.3 is 15.3 Å². The van der Waals surface area contributed by atoms with Crippen LogP contribution in [0.2, 0.25) is 0 Å². The van der Waals surface area contributed by atoms with Gasteiger partial charge >= 0.3 is 0 Å². The van der Waals surface area contributed by atoms with E-state index in [1.54, 1.807) is 13.0 Å². The minimum absolute atomic E-state index is 0.0512. The summed E-state index contributed by atoms with van der Waals surface area (Å²) in [6.07, 6.45) is 1.52. The fourth-order valence-corrected chi connectivity index (χ4v) is 2.47. The van der Waals surface area contributed by atoms with Crippen LogP contribution in [0.15, 0.2) is 24.3 Å². The number of benzene rings is 1. The van der Waals surface area contributed by atoms with E-state index in [-0.39, 0.29) is 24.3 Å². The summed E-state index contributed by atoms with van der Waals surface area (Å²) in [6.45, 7) is 7.08. The Labute approximate surface area is 137 Å². The largest absolute Gasteiger partial charge is 0.388 e. The minimum atomic E-state index is -0.935. The summed E-state index contributed by atoms with van der Waals surface area (Å²) in [6, 6.07) is 7.30. The predicted octanol–water partition coefficient (Wildman–Crippen LogP) is 1.95. The molecule has 0 bridgehead atoms. The van der Waals surface area contributed by atoms with Crippen molar-refractivity contribution in [2.24, 2.45) is 5.92 Å². The van der Waals surface area contributed by atoms with Crippen molar-refractivity contribution in [3.63, 3.8) is 0 Å². The van der Waals surface area contributed by atoms with Crippen LogP contribution in [0.3, 0.4) is 0 Å². The van der Waals surface area contributed by atoms with Gasteiger partial charge in [0, 0.05) is 31.6 Å². The Morgan fingerprint density at radius 2 is 2.17 bits per heavy atom. The normalized spacial score (nSPS) is 17.4. The average molecular weight is 318 g/mol. The van der Waals surface area contributed by atoms with Crippen LogP contribution in [0.5, 0.6) is 0 Å². The van der Waals surface area contributed by atoms with E-state index in [4.69, 9.17) is 0 Å². The number of likely N-dealkylation sites (tertiary alicyclic amines) is 1. The molecule has 0 aromatic heterocycles. The number of nitrogens with one attached hydrogen (secondary N) is 1. The van der Waals surface area contributed by atoms with E-state index in [2.05, 4.69) is 5.32 Å². The molecule has 0 saturated carbocycles. The number of nitrogens with zero attached hydrogens (tertiary/aromatic N) is 1. The minimum Gasteiger partial charge on any atom is -0.388 e. The van der Waals surface area contributed by atoms with Crippen LogP contribution in [-0.2, 0) is 11.3 Å². The van der Waals surface area contributed by atoms with E-state index in [9.17, 15) is 14.7 Å². The van der Waals surface area contributed by atoms with Crippen molar-refractivity contribution >= 4 is 11.8 Å². The van der Waals surface area contributed by atoms with Crippen LogP contribution >= 0.6 is 0 Å². The lowest BCUT2D eigenvalue weighted by Gasteiger charge is -2.27. The molecule has 1 aromatic carbocycles. The molecule has 2 N–H and O–H groups in total. The standard InChI is InChI=1S/C18H26N2O3/c1-13(2)18(3,23)12-19-17(22)15-7-4-6-14(10-15)11-20-9-5-8-16(20)21/h4,6-7,10,13,23H,5,8-9,11-12H2,1-3H3,(H,19,22). The smallest absolute Gasteiger partial charge is 0.251 e. The molecule has 1 aliphatic heterocycles. The molecule has 5 heteroatoms. The molecule has 1 fully saturated rings. The zero-order valence-corrected chi connectivity index (χ0v) is 14.1. The Hall–Kier alpha value is -1.88. The molecule has 1 aromatic rings. The monoisotopic (exact) mass is 318 g/mol. The van der Waals surface area contributed by atoms with Crippen LogP contribution in [-0.4, -0.2) is 40.5 Å². The lowest BCUT2D eigenvalue weighted by Crippen LogP contribution is -2.44. The predicted molar refractivity (Wildman–Crippen MR) is 88.9 cm³/mol. The van der Waals surface area contributed by atoms with Crippen LogP contribution in [0.4, 0.5) is 0 Å². The van der Waals surface area contributed by atoms with Gasteiger partial charge in [-0.05, 0) is 37.0 Å². The second-order valence-corrected chi connectivity index (χ2v) is 6.81. The van der Waals surface area contributed by atoms with Crippen molar-refractivity contribution in [3.8, 4) is 0 Å². The van der Waals surface area contributed by atoms with E-state index in [0.29, 0.717) is 18.5 Å². The number of carbonyl (C=O) groups excluding carboxylic acids is 2. The summed E-state index contributed by atoms with van der Waals surface area (Å²) < 4.78 is 0. The second-order valence-electron chi connectivity index (χ2n) is 6.81. The van der Waals surface area contributed by atoms with E-state index < -0.39 is 5.60 Å². The molecule has 2 amide bonds. The van der Waals surface area contributed by atoms with Gasteiger partial charge in [0.2, 0.25) is 5.91 Å². The topological polar surface area (TPSA) is 69.6 Å². The first kappa shape index (κ1) is 17.5. The number of carbonyl (C=O) groups is 2. The maximum absolute atomic E-state index is 12.3. The highest BCUT2D eigenvalue weighted by Gasteiger charge is 2.25. The molecule has 2 rings (SSSR count). The van der Waals surface area contributed by atoms with E-state index in [1.165, 1.54) is 0 Å². The second kappa shape index (κ2) is 7.13. The summed E-state index contributed by atoms with van der Waals surface area (Å²) in [4.78, 5) is 25.8. The number of rotatable bonds is 6. The molecule has 5 nitrogen and oxygen atoms in total. The molecule has 0 aliphatic carbocycles. The molecule has 1 heterocycles. The molecule has 1 aliphatic rings. The zero-order valence-electron chi connectivity index (χ0n) is 14.1. The fourth-order valence-electron chi connectivity index (χ4n) is 2.47. The average Bonchev–Trinajstić information content (AvgIpc) is 2.90. The first-order chi connectivity index (χ1) is 10.8. The highest BCUT2D eigenvalue weighted by Crippen LogP contribution is 2.16. The molecular weight excluding hydrogens is 292 g/mol. The van der Waals surface area contributed by atoms with E-state index in [1.807, 2.05) is 36.9 Å². The first-order valence-electron chi connectivity index (χ1n) is 8.17. The summed E-state index contributed by atoms with van der Waals surface area (Å²) in [5, 5.41) is 13.0. The Morgan fingerprint density at radius 1 is 1.43 bits per heavy atom. The molecule has 126 valence electrons. The van der Waals surface area contributed by atoms with E-state index >= 15 is 0 Å². The van der Waals surface area contributed by atoms with Gasteiger partial charge in [0.15, 0.2) is 0 Å². The Bertz CT molecular complexity index is 581. The molecule has 0 spiro atoms. The lowest BCUT2D eigenvalue weighted by molar-refractivity contribution is -0.128. The van der Waals surface area contributed by atoms with Gasteiger partial charge in [-0.15, -0.1) is 0 Å². The molecule has 1 unspecified atom stereocenters. The summed E-state index contributed by atoms with van der Waals surface area (Å²) in [5.74, 6) is 0.0173. The first-order valence-corrected chi connectivity index (χ1v) is 8.17.